The van der Waals surface area contributed by atoms with E-state index in [1.807, 2.05) is 18.2 Å². The highest BCUT2D eigenvalue weighted by Crippen LogP contribution is 2.21. The Bertz CT molecular complexity index is 370. The third-order valence-corrected chi connectivity index (χ3v) is 1.37. The summed E-state index contributed by atoms with van der Waals surface area (Å²) in [6, 6.07) is 7.36. The van der Waals surface area contributed by atoms with Gasteiger partial charge in [-0.3, -0.25) is 0 Å². The molecule has 0 bridgehead atoms. The number of benzene rings is 1. The van der Waals surface area contributed by atoms with Gasteiger partial charge in [0.05, 0.1) is 12.1 Å². The Morgan fingerprint density at radius 1 is 1.21 bits per heavy atom. The zero-order valence-electron chi connectivity index (χ0n) is 7.08. The molecule has 0 saturated heterocycles. The smallest absolute Gasteiger partial charge is 0.317 e. The minimum absolute atomic E-state index is 0.653. The molecule has 80 valence electrons. The molecule has 0 amide bonds. The molecule has 0 saturated carbocycles. The van der Waals surface area contributed by atoms with Crippen LogP contribution in [-0.4, -0.2) is 15.5 Å². The van der Waals surface area contributed by atoms with Crippen LogP contribution < -0.4 is 4.74 Å². The summed E-state index contributed by atoms with van der Waals surface area (Å²) in [5, 5.41) is 0.653. The van der Waals surface area contributed by atoms with E-state index in [-0.39, 0.29) is 0 Å². The monoisotopic (exact) mass is 276 g/mol. The molecule has 0 spiro atoms. The highest BCUT2D eigenvalue weighted by Gasteiger charge is 1.93. The number of ether oxygens (including phenoxy) is 1. The molecule has 1 rings (SSSR count). The summed E-state index contributed by atoms with van der Waals surface area (Å²) in [7, 11) is 6.41. The Balaban J connectivity index is 0.000000292. The molecule has 0 aliphatic carbocycles. The lowest BCUT2D eigenvalue weighted by Crippen LogP contribution is -1.81. The van der Waals surface area contributed by atoms with E-state index in [9.17, 15) is 0 Å². The first-order valence-electron chi connectivity index (χ1n) is 3.27. The molecule has 7 heteroatoms. The second-order valence-corrected chi connectivity index (χ2v) is 6.09. The first-order chi connectivity index (χ1) is 6.34. The van der Waals surface area contributed by atoms with E-state index in [0.29, 0.717) is 5.02 Å². The predicted octanol–water partition coefficient (Wildman–Crippen LogP) is 3.06. The number of para-hydroxylation sites is 1. The first kappa shape index (κ1) is 13.8. The molecule has 0 aliphatic rings. The lowest BCUT2D eigenvalue weighted by Gasteiger charge is -1.98. The van der Waals surface area contributed by atoms with E-state index < -0.39 is 8.26 Å². The summed E-state index contributed by atoms with van der Waals surface area (Å²) in [6.45, 7) is 0. The van der Waals surface area contributed by atoms with Crippen LogP contribution in [0.4, 0.5) is 0 Å². The van der Waals surface area contributed by atoms with Gasteiger partial charge in [-0.05, 0) is 12.1 Å². The lowest BCUT2D eigenvalue weighted by molar-refractivity contribution is 0.415. The Hall–Kier alpha value is -0.160. The molecule has 0 aromatic heterocycles. The molecule has 0 fully saturated rings. The topological polar surface area (TPSA) is 43.4 Å². The number of hydrogen-bond acceptors (Lipinski definition) is 3. The normalized spacial score (nSPS) is 10.0. The van der Waals surface area contributed by atoms with Gasteiger partial charge in [-0.2, -0.15) is 8.42 Å². The van der Waals surface area contributed by atoms with Gasteiger partial charge >= 0.3 is 8.26 Å². The first-order valence-corrected chi connectivity index (χ1v) is 6.78. The van der Waals surface area contributed by atoms with Crippen molar-refractivity contribution < 1.29 is 13.2 Å². The van der Waals surface area contributed by atoms with Crippen LogP contribution in [0.25, 0.3) is 0 Å². The van der Waals surface area contributed by atoms with E-state index in [1.165, 1.54) is 0 Å². The maximum absolute atomic E-state index is 9.16. The van der Waals surface area contributed by atoms with Gasteiger partial charge in [0.2, 0.25) is 0 Å². The molecule has 0 radical (unpaired) electrons. The standard InChI is InChI=1S/C7H7ClO.Cl2O2S/c1-9-7-5-3-2-4-6(7)8;1-5(2,3)4/h2-5H,1H3;. The van der Waals surface area contributed by atoms with Crippen LogP contribution >= 0.6 is 33.0 Å². The van der Waals surface area contributed by atoms with Gasteiger partial charge in [0.1, 0.15) is 5.75 Å². The third kappa shape index (κ3) is 8.44. The Kier molecular flexibility index (Phi) is 6.27. The predicted molar refractivity (Wildman–Crippen MR) is 58.6 cm³/mol. The summed E-state index contributed by atoms with van der Waals surface area (Å²) >= 11 is 5.70. The van der Waals surface area contributed by atoms with Gasteiger partial charge < -0.3 is 4.74 Å². The van der Waals surface area contributed by atoms with Crippen LogP contribution in [0, 0.1) is 0 Å². The minimum Gasteiger partial charge on any atom is -0.495 e. The average Bonchev–Trinajstić information content (AvgIpc) is 2.02. The largest absolute Gasteiger partial charge is 0.495 e. The summed E-state index contributed by atoms with van der Waals surface area (Å²) < 4.78 is 23.2. The second-order valence-electron chi connectivity index (χ2n) is 2.01. The summed E-state index contributed by atoms with van der Waals surface area (Å²) in [5.74, 6) is 0.721. The minimum atomic E-state index is -3.72. The van der Waals surface area contributed by atoms with Crippen molar-refractivity contribution in [2.75, 3.05) is 7.11 Å². The zero-order valence-corrected chi connectivity index (χ0v) is 10.2. The SMILES string of the molecule is COc1ccccc1Cl.O=S(=O)(Cl)Cl. The second kappa shape index (κ2) is 6.35. The van der Waals surface area contributed by atoms with Gasteiger partial charge in [0.25, 0.3) is 0 Å². The van der Waals surface area contributed by atoms with Gasteiger partial charge in [-0.15, -0.1) is 0 Å². The quantitative estimate of drug-likeness (QED) is 0.741. The van der Waals surface area contributed by atoms with Crippen molar-refractivity contribution >= 4 is 41.2 Å². The van der Waals surface area contributed by atoms with Crippen molar-refractivity contribution in [1.82, 2.24) is 0 Å². The number of hydrogen-bond donors (Lipinski definition) is 0. The molecule has 0 aliphatic heterocycles. The molecule has 1 aromatic rings. The molecule has 0 heterocycles. The molecular weight excluding hydrogens is 270 g/mol. The van der Waals surface area contributed by atoms with Gasteiger partial charge in [0, 0.05) is 21.4 Å². The van der Waals surface area contributed by atoms with E-state index in [2.05, 4.69) is 21.4 Å². The van der Waals surface area contributed by atoms with Crippen LogP contribution in [0.2, 0.25) is 5.02 Å². The van der Waals surface area contributed by atoms with Gasteiger partial charge in [-0.1, -0.05) is 23.7 Å². The average molecular weight is 278 g/mol. The van der Waals surface area contributed by atoms with Crippen LogP contribution in [0.1, 0.15) is 0 Å². The van der Waals surface area contributed by atoms with Gasteiger partial charge in [0.15, 0.2) is 0 Å². The fourth-order valence-corrected chi connectivity index (χ4v) is 0.823. The number of rotatable bonds is 1. The molecule has 0 atom stereocenters. The highest BCUT2D eigenvalue weighted by molar-refractivity contribution is 8.31. The number of methoxy groups -OCH3 is 1. The molecular formula is C7H7Cl3O3S. The maximum atomic E-state index is 9.16. The van der Waals surface area contributed by atoms with E-state index in [4.69, 9.17) is 24.8 Å². The summed E-state index contributed by atoms with van der Waals surface area (Å²) in [4.78, 5) is 0. The summed E-state index contributed by atoms with van der Waals surface area (Å²) in [6.07, 6.45) is 0. The Labute approximate surface area is 96.5 Å². The molecule has 0 N–H and O–H groups in total. The highest BCUT2D eigenvalue weighted by atomic mass is 36.0. The maximum Gasteiger partial charge on any atom is 0.317 e. The molecule has 1 aromatic carbocycles. The van der Waals surface area contributed by atoms with Crippen molar-refractivity contribution in [3.8, 4) is 5.75 Å². The molecule has 3 nitrogen and oxygen atoms in total. The Morgan fingerprint density at radius 2 is 1.64 bits per heavy atom. The fraction of sp³-hybridized carbons (Fsp3) is 0.143. The Morgan fingerprint density at radius 3 is 1.93 bits per heavy atom. The van der Waals surface area contributed by atoms with Crippen molar-refractivity contribution in [2.24, 2.45) is 0 Å². The van der Waals surface area contributed by atoms with E-state index in [0.717, 1.165) is 5.75 Å². The number of halogens is 3. The van der Waals surface area contributed by atoms with Crippen molar-refractivity contribution in [3.63, 3.8) is 0 Å². The molecule has 0 unspecified atom stereocenters. The fourth-order valence-electron chi connectivity index (χ4n) is 0.610. The molecule has 14 heavy (non-hydrogen) atoms. The third-order valence-electron chi connectivity index (χ3n) is 1.06. The van der Waals surface area contributed by atoms with Crippen LogP contribution in [0.3, 0.4) is 0 Å². The van der Waals surface area contributed by atoms with Crippen LogP contribution in [-0.2, 0) is 8.26 Å². The van der Waals surface area contributed by atoms with Crippen molar-refractivity contribution in [3.05, 3.63) is 29.3 Å². The van der Waals surface area contributed by atoms with Gasteiger partial charge in [-0.25, -0.2) is 0 Å². The summed E-state index contributed by atoms with van der Waals surface area (Å²) in [5.41, 5.74) is 0. The van der Waals surface area contributed by atoms with Crippen molar-refractivity contribution in [1.29, 1.82) is 0 Å². The van der Waals surface area contributed by atoms with Crippen LogP contribution in [0.15, 0.2) is 24.3 Å². The van der Waals surface area contributed by atoms with E-state index in [1.54, 1.807) is 13.2 Å². The zero-order chi connectivity index (χ0) is 11.2. The van der Waals surface area contributed by atoms with E-state index >= 15 is 0 Å². The van der Waals surface area contributed by atoms with Crippen LogP contribution in [0.5, 0.6) is 5.75 Å². The van der Waals surface area contributed by atoms with Crippen molar-refractivity contribution in [2.45, 2.75) is 0 Å². The lowest BCUT2D eigenvalue weighted by atomic mass is 10.3.